The summed E-state index contributed by atoms with van der Waals surface area (Å²) in [6.45, 7) is 1.03. The number of ether oxygens (including phenoxy) is 1. The van der Waals surface area contributed by atoms with Gasteiger partial charge in [0, 0.05) is 15.9 Å². The molecule has 1 amide bonds. The Balaban J connectivity index is 2.01. The lowest BCUT2D eigenvalue weighted by atomic mass is 10.2. The number of aryl methyl sites for hydroxylation is 1. The maximum Gasteiger partial charge on any atom is 0.323 e. The highest BCUT2D eigenvalue weighted by atomic mass is 79.9. The van der Waals surface area contributed by atoms with Crippen LogP contribution in [0.4, 0.5) is 5.82 Å². The lowest BCUT2D eigenvalue weighted by Crippen LogP contribution is -2.29. The molecule has 0 spiro atoms. The van der Waals surface area contributed by atoms with Gasteiger partial charge in [0.15, 0.2) is 11.6 Å². The van der Waals surface area contributed by atoms with Gasteiger partial charge in [-0.3, -0.25) is 14.5 Å². The van der Waals surface area contributed by atoms with E-state index in [0.29, 0.717) is 34.6 Å². The normalized spacial score (nSPS) is 10.6. The lowest BCUT2D eigenvalue weighted by Gasteiger charge is -2.17. The molecule has 0 atom stereocenters. The van der Waals surface area contributed by atoms with Crippen LogP contribution >= 0.6 is 15.9 Å². The number of aromatic nitrogens is 2. The van der Waals surface area contributed by atoms with Crippen molar-refractivity contribution in [1.29, 1.82) is 0 Å². The average Bonchev–Trinajstić information content (AvgIpc) is 2.64. The molecule has 3 aromatic rings. The van der Waals surface area contributed by atoms with E-state index < -0.39 is 12.5 Å². The van der Waals surface area contributed by atoms with Gasteiger partial charge in [-0.15, -0.1) is 0 Å². The van der Waals surface area contributed by atoms with Crippen molar-refractivity contribution in [3.8, 4) is 17.4 Å². The zero-order chi connectivity index (χ0) is 19.6. The van der Waals surface area contributed by atoms with E-state index in [9.17, 15) is 14.7 Å². The first-order chi connectivity index (χ1) is 12.9. The summed E-state index contributed by atoms with van der Waals surface area (Å²) in [5.74, 6) is -0.797. The minimum Gasteiger partial charge on any atom is -0.504 e. The third-order valence-corrected chi connectivity index (χ3v) is 4.22. The molecule has 0 aliphatic rings. The Kier molecular flexibility index (Phi) is 5.22. The van der Waals surface area contributed by atoms with Gasteiger partial charge in [-0.1, -0.05) is 15.9 Å². The number of halogens is 1. The zero-order valence-electron chi connectivity index (χ0n) is 14.1. The minimum absolute atomic E-state index is 0.138. The van der Waals surface area contributed by atoms with E-state index in [1.54, 1.807) is 31.2 Å². The van der Waals surface area contributed by atoms with Gasteiger partial charge in [-0.25, -0.2) is 9.97 Å². The summed E-state index contributed by atoms with van der Waals surface area (Å²) in [5.41, 5.74) is 0.795. The largest absolute Gasteiger partial charge is 0.504 e. The van der Waals surface area contributed by atoms with Crippen LogP contribution in [0.2, 0.25) is 0 Å². The molecule has 0 unspecified atom stereocenters. The second-order valence-electron chi connectivity index (χ2n) is 5.60. The first-order valence-electron chi connectivity index (χ1n) is 7.76. The fraction of sp³-hybridized carbons (Fsp3) is 0.111. The predicted molar refractivity (Wildman–Crippen MR) is 101 cm³/mol. The molecule has 0 fully saturated rings. The minimum atomic E-state index is -1.22. The number of amides is 1. The molecular formula is C18H14BrN3O5. The Bertz CT molecular complexity index is 1020. The van der Waals surface area contributed by atoms with Gasteiger partial charge in [0.1, 0.15) is 12.3 Å². The Morgan fingerprint density at radius 2 is 1.93 bits per heavy atom. The van der Waals surface area contributed by atoms with Crippen LogP contribution in [-0.2, 0) is 9.59 Å². The lowest BCUT2D eigenvalue weighted by molar-refractivity contribution is -0.136. The van der Waals surface area contributed by atoms with E-state index in [4.69, 9.17) is 9.84 Å². The molecule has 2 heterocycles. The Morgan fingerprint density at radius 3 is 2.56 bits per heavy atom. The van der Waals surface area contributed by atoms with Crippen molar-refractivity contribution < 1.29 is 24.5 Å². The number of anilines is 1. The van der Waals surface area contributed by atoms with Crippen LogP contribution < -0.4 is 9.64 Å². The number of carboxylic acids is 1. The summed E-state index contributed by atoms with van der Waals surface area (Å²) >= 11 is 3.35. The van der Waals surface area contributed by atoms with Gasteiger partial charge < -0.3 is 14.9 Å². The summed E-state index contributed by atoms with van der Waals surface area (Å²) in [5, 5.41) is 19.7. The highest BCUT2D eigenvalue weighted by molar-refractivity contribution is 9.10. The van der Waals surface area contributed by atoms with Crippen molar-refractivity contribution in [3.05, 3.63) is 46.6 Å². The van der Waals surface area contributed by atoms with Gasteiger partial charge in [0.2, 0.25) is 12.3 Å². The Morgan fingerprint density at radius 1 is 1.22 bits per heavy atom. The van der Waals surface area contributed by atoms with Crippen LogP contribution in [0.3, 0.4) is 0 Å². The van der Waals surface area contributed by atoms with Crippen LogP contribution in [0.15, 0.2) is 40.9 Å². The smallest absolute Gasteiger partial charge is 0.323 e. The SMILES string of the molecule is Cc1nc(N(C=O)CC(=O)O)c(O)c2ccc(Oc3ccc(Br)cc3)nc12. The number of pyridine rings is 2. The molecular weight excluding hydrogens is 418 g/mol. The summed E-state index contributed by atoms with van der Waals surface area (Å²) in [6, 6.07) is 10.4. The number of aliphatic carboxylic acids is 1. The molecule has 0 aliphatic heterocycles. The van der Waals surface area contributed by atoms with Crippen molar-refractivity contribution in [1.82, 2.24) is 9.97 Å². The maximum absolute atomic E-state index is 11.2. The van der Waals surface area contributed by atoms with Crippen molar-refractivity contribution in [2.75, 3.05) is 11.4 Å². The number of hydrogen-bond acceptors (Lipinski definition) is 6. The molecule has 138 valence electrons. The first-order valence-corrected chi connectivity index (χ1v) is 8.56. The molecule has 0 saturated carbocycles. The van der Waals surface area contributed by atoms with Crippen molar-refractivity contribution in [3.63, 3.8) is 0 Å². The van der Waals surface area contributed by atoms with Gasteiger partial charge in [0.05, 0.1) is 11.2 Å². The number of aromatic hydroxyl groups is 1. The monoisotopic (exact) mass is 431 g/mol. The Hall–Kier alpha value is -3.20. The molecule has 0 bridgehead atoms. The zero-order valence-corrected chi connectivity index (χ0v) is 15.7. The van der Waals surface area contributed by atoms with Crippen LogP contribution in [0, 0.1) is 6.92 Å². The van der Waals surface area contributed by atoms with E-state index in [0.717, 1.165) is 9.37 Å². The maximum atomic E-state index is 11.2. The molecule has 0 radical (unpaired) electrons. The first kappa shape index (κ1) is 18.6. The third-order valence-electron chi connectivity index (χ3n) is 3.69. The molecule has 3 rings (SSSR count). The number of hydrogen-bond donors (Lipinski definition) is 2. The highest BCUT2D eigenvalue weighted by Gasteiger charge is 2.20. The second-order valence-corrected chi connectivity index (χ2v) is 6.51. The highest BCUT2D eigenvalue weighted by Crippen LogP contribution is 2.35. The van der Waals surface area contributed by atoms with Crippen LogP contribution in [0.5, 0.6) is 17.4 Å². The van der Waals surface area contributed by atoms with E-state index in [1.165, 1.54) is 0 Å². The molecule has 9 heteroatoms. The summed E-state index contributed by atoms with van der Waals surface area (Å²) in [4.78, 5) is 31.4. The number of carbonyl (C=O) groups is 2. The second kappa shape index (κ2) is 7.58. The summed E-state index contributed by atoms with van der Waals surface area (Å²) in [6.07, 6.45) is 0.305. The molecule has 27 heavy (non-hydrogen) atoms. The van der Waals surface area contributed by atoms with Crippen molar-refractivity contribution in [2.45, 2.75) is 6.92 Å². The molecule has 0 aliphatic carbocycles. The van der Waals surface area contributed by atoms with Crippen molar-refractivity contribution >= 4 is 45.0 Å². The topological polar surface area (TPSA) is 113 Å². The molecule has 1 aromatic carbocycles. The number of rotatable bonds is 6. The van der Waals surface area contributed by atoms with Gasteiger partial charge >= 0.3 is 5.97 Å². The van der Waals surface area contributed by atoms with E-state index in [1.807, 2.05) is 12.1 Å². The van der Waals surface area contributed by atoms with Gasteiger partial charge in [-0.05, 0) is 37.3 Å². The van der Waals surface area contributed by atoms with Crippen LogP contribution in [0.1, 0.15) is 5.69 Å². The Labute approximate surface area is 162 Å². The van der Waals surface area contributed by atoms with E-state index >= 15 is 0 Å². The van der Waals surface area contributed by atoms with E-state index in [-0.39, 0.29) is 11.6 Å². The molecule has 2 N–H and O–H groups in total. The molecule has 0 saturated heterocycles. The molecule has 8 nitrogen and oxygen atoms in total. The third kappa shape index (κ3) is 3.98. The number of fused-ring (bicyclic) bond motifs is 1. The number of carbonyl (C=O) groups excluding carboxylic acids is 1. The standard InChI is InChI=1S/C18H14BrN3O5/c1-10-16-13(17(26)18(20-10)22(9-23)8-15(24)25)6-7-14(21-16)27-12-4-2-11(19)3-5-12/h2-7,9,26H,8H2,1H3,(H,24,25). The summed E-state index contributed by atoms with van der Waals surface area (Å²) < 4.78 is 6.62. The predicted octanol–water partition coefficient (Wildman–Crippen LogP) is 3.25. The fourth-order valence-electron chi connectivity index (χ4n) is 2.48. The number of benzene rings is 1. The van der Waals surface area contributed by atoms with E-state index in [2.05, 4.69) is 25.9 Å². The molecule has 2 aromatic heterocycles. The summed E-state index contributed by atoms with van der Waals surface area (Å²) in [7, 11) is 0. The van der Waals surface area contributed by atoms with Crippen LogP contribution in [0.25, 0.3) is 10.9 Å². The van der Waals surface area contributed by atoms with Crippen LogP contribution in [-0.4, -0.2) is 39.1 Å². The van der Waals surface area contributed by atoms with Gasteiger partial charge in [0.25, 0.3) is 0 Å². The average molecular weight is 432 g/mol. The van der Waals surface area contributed by atoms with Gasteiger partial charge in [-0.2, -0.15) is 0 Å². The van der Waals surface area contributed by atoms with Crippen molar-refractivity contribution in [2.24, 2.45) is 0 Å². The number of carboxylic acid groups (broad SMARTS) is 1. The number of nitrogens with zero attached hydrogens (tertiary/aromatic N) is 3. The fourth-order valence-corrected chi connectivity index (χ4v) is 2.75. The quantitative estimate of drug-likeness (QED) is 0.575.